The van der Waals surface area contributed by atoms with Crippen LogP contribution in [0.5, 0.6) is 0 Å². The minimum absolute atomic E-state index is 0.121. The van der Waals surface area contributed by atoms with Crippen molar-refractivity contribution in [3.05, 3.63) is 69.9 Å². The van der Waals surface area contributed by atoms with E-state index >= 15 is 0 Å². The molecule has 1 heterocycles. The monoisotopic (exact) mass is 479 g/mol. The SMILES string of the molecule is Nc1ccccc1Sc1ccccc1CNc1nc(N)c([N+](=O)[O-])c(CC2CCC(N)CC2)n1. The van der Waals surface area contributed by atoms with Gasteiger partial charge in [-0.05, 0) is 61.8 Å². The van der Waals surface area contributed by atoms with E-state index in [2.05, 4.69) is 15.3 Å². The van der Waals surface area contributed by atoms with Crippen LogP contribution in [-0.4, -0.2) is 20.9 Å². The van der Waals surface area contributed by atoms with Crippen molar-refractivity contribution < 1.29 is 4.92 Å². The van der Waals surface area contributed by atoms with Crippen LogP contribution in [0.25, 0.3) is 0 Å². The fourth-order valence-corrected chi connectivity index (χ4v) is 5.21. The third-order valence-corrected chi connectivity index (χ3v) is 7.30. The Kier molecular flexibility index (Phi) is 7.49. The molecular weight excluding hydrogens is 450 g/mol. The van der Waals surface area contributed by atoms with Crippen molar-refractivity contribution in [1.29, 1.82) is 0 Å². The molecule has 1 aliphatic carbocycles. The second kappa shape index (κ2) is 10.7. The van der Waals surface area contributed by atoms with Gasteiger partial charge in [0.05, 0.1) is 4.92 Å². The van der Waals surface area contributed by atoms with Crippen molar-refractivity contribution in [2.24, 2.45) is 11.7 Å². The molecule has 0 spiro atoms. The maximum Gasteiger partial charge on any atom is 0.332 e. The number of anilines is 3. The number of rotatable bonds is 8. The molecule has 1 fully saturated rings. The van der Waals surface area contributed by atoms with Crippen LogP contribution in [0.3, 0.4) is 0 Å². The second-order valence-electron chi connectivity index (χ2n) is 8.57. The number of aromatic nitrogens is 2. The largest absolute Gasteiger partial charge is 0.398 e. The highest BCUT2D eigenvalue weighted by molar-refractivity contribution is 7.99. The highest BCUT2D eigenvalue weighted by Crippen LogP contribution is 2.35. The number of para-hydroxylation sites is 1. The number of nitro groups is 1. The Morgan fingerprint density at radius 3 is 2.38 bits per heavy atom. The van der Waals surface area contributed by atoms with Gasteiger partial charge in [-0.15, -0.1) is 0 Å². The molecule has 1 aromatic heterocycles. The zero-order chi connectivity index (χ0) is 24.1. The molecule has 9 nitrogen and oxygen atoms in total. The maximum absolute atomic E-state index is 11.7. The lowest BCUT2D eigenvalue weighted by atomic mass is 9.83. The van der Waals surface area contributed by atoms with E-state index in [9.17, 15) is 10.1 Å². The van der Waals surface area contributed by atoms with E-state index in [1.165, 1.54) is 0 Å². The fourth-order valence-electron chi connectivity index (χ4n) is 4.22. The number of nitrogens with zero attached hydrogens (tertiary/aromatic N) is 3. The molecule has 10 heteroatoms. The van der Waals surface area contributed by atoms with E-state index in [1.54, 1.807) is 11.8 Å². The van der Waals surface area contributed by atoms with E-state index in [-0.39, 0.29) is 23.5 Å². The molecule has 178 valence electrons. The minimum atomic E-state index is -0.487. The topological polar surface area (TPSA) is 159 Å². The molecule has 2 aromatic carbocycles. The van der Waals surface area contributed by atoms with Crippen molar-refractivity contribution in [1.82, 2.24) is 9.97 Å². The average molecular weight is 480 g/mol. The molecule has 0 atom stereocenters. The molecule has 0 saturated heterocycles. The summed E-state index contributed by atoms with van der Waals surface area (Å²) in [7, 11) is 0. The first kappa shape index (κ1) is 23.8. The van der Waals surface area contributed by atoms with Gasteiger partial charge in [-0.25, -0.2) is 4.98 Å². The molecule has 0 unspecified atom stereocenters. The molecule has 7 N–H and O–H groups in total. The third-order valence-electron chi connectivity index (χ3n) is 6.09. The molecule has 1 aliphatic rings. The summed E-state index contributed by atoms with van der Waals surface area (Å²) in [6.07, 6.45) is 4.19. The summed E-state index contributed by atoms with van der Waals surface area (Å²) in [6, 6.07) is 15.9. The van der Waals surface area contributed by atoms with Crippen LogP contribution in [0.1, 0.15) is 36.9 Å². The molecule has 1 saturated carbocycles. The van der Waals surface area contributed by atoms with Gasteiger partial charge in [0.2, 0.25) is 11.8 Å². The predicted molar refractivity (Wildman–Crippen MR) is 135 cm³/mol. The van der Waals surface area contributed by atoms with Crippen LogP contribution in [0, 0.1) is 16.0 Å². The van der Waals surface area contributed by atoms with Crippen LogP contribution < -0.4 is 22.5 Å². The Labute approximate surface area is 202 Å². The Hall–Kier alpha value is -3.37. The van der Waals surface area contributed by atoms with Gasteiger partial charge in [0.25, 0.3) is 0 Å². The molecule has 3 aromatic rings. The van der Waals surface area contributed by atoms with Gasteiger partial charge < -0.3 is 22.5 Å². The van der Waals surface area contributed by atoms with Gasteiger partial charge in [-0.3, -0.25) is 10.1 Å². The molecular formula is C24H29N7O2S. The predicted octanol–water partition coefficient (Wildman–Crippen LogP) is 4.37. The standard InChI is InChI=1S/C24H29N7O2S/c25-17-11-9-15(10-12-17)13-19-22(31(32)33)23(27)30-24(29-19)28-14-16-5-1-3-7-20(16)34-21-8-4-2-6-18(21)26/h1-8,15,17H,9-14,25-26H2,(H3,27,28,29,30). The van der Waals surface area contributed by atoms with Gasteiger partial charge >= 0.3 is 5.69 Å². The molecule has 34 heavy (non-hydrogen) atoms. The van der Waals surface area contributed by atoms with Crippen molar-refractivity contribution in [2.75, 3.05) is 16.8 Å². The Bertz CT molecular complexity index is 1170. The molecule has 0 aliphatic heterocycles. The van der Waals surface area contributed by atoms with E-state index in [1.807, 2.05) is 48.5 Å². The average Bonchev–Trinajstić information content (AvgIpc) is 2.81. The maximum atomic E-state index is 11.7. The first-order valence-corrected chi connectivity index (χ1v) is 12.1. The number of nitrogens with one attached hydrogen (secondary N) is 1. The van der Waals surface area contributed by atoms with Crippen molar-refractivity contribution in [3.8, 4) is 0 Å². The fraction of sp³-hybridized carbons (Fsp3) is 0.333. The van der Waals surface area contributed by atoms with Crippen LogP contribution in [0.2, 0.25) is 0 Å². The van der Waals surface area contributed by atoms with Gasteiger partial charge in [0, 0.05) is 28.1 Å². The highest BCUT2D eigenvalue weighted by Gasteiger charge is 2.27. The first-order valence-electron chi connectivity index (χ1n) is 11.3. The Morgan fingerprint density at radius 1 is 1.00 bits per heavy atom. The summed E-state index contributed by atoms with van der Waals surface area (Å²) in [5.41, 5.74) is 20.0. The van der Waals surface area contributed by atoms with Gasteiger partial charge in [-0.2, -0.15) is 4.98 Å². The molecule has 0 bridgehead atoms. The van der Waals surface area contributed by atoms with E-state index in [0.717, 1.165) is 46.7 Å². The Morgan fingerprint density at radius 2 is 1.68 bits per heavy atom. The van der Waals surface area contributed by atoms with Crippen LogP contribution >= 0.6 is 11.8 Å². The van der Waals surface area contributed by atoms with Crippen LogP contribution in [0.15, 0.2) is 58.3 Å². The van der Waals surface area contributed by atoms with Gasteiger partial charge in [-0.1, -0.05) is 42.1 Å². The summed E-state index contributed by atoms with van der Waals surface area (Å²) in [5.74, 6) is 0.462. The van der Waals surface area contributed by atoms with Crippen LogP contribution in [-0.2, 0) is 13.0 Å². The molecule has 0 amide bonds. The number of hydrogen-bond donors (Lipinski definition) is 4. The number of hydrogen-bond acceptors (Lipinski definition) is 9. The zero-order valence-electron chi connectivity index (χ0n) is 18.8. The quantitative estimate of drug-likeness (QED) is 0.209. The van der Waals surface area contributed by atoms with Crippen molar-refractivity contribution in [2.45, 2.75) is 54.5 Å². The van der Waals surface area contributed by atoms with E-state index in [0.29, 0.717) is 24.6 Å². The number of nitrogen functional groups attached to an aromatic ring is 2. The summed E-state index contributed by atoms with van der Waals surface area (Å²) in [5, 5.41) is 14.9. The lowest BCUT2D eigenvalue weighted by Crippen LogP contribution is -2.27. The van der Waals surface area contributed by atoms with Crippen LogP contribution in [0.4, 0.5) is 23.1 Å². The number of benzene rings is 2. The molecule has 4 rings (SSSR count). The normalized spacial score (nSPS) is 17.9. The second-order valence-corrected chi connectivity index (χ2v) is 9.65. The lowest BCUT2D eigenvalue weighted by Gasteiger charge is -2.25. The summed E-state index contributed by atoms with van der Waals surface area (Å²) >= 11 is 1.58. The summed E-state index contributed by atoms with van der Waals surface area (Å²) in [6.45, 7) is 0.435. The summed E-state index contributed by atoms with van der Waals surface area (Å²) < 4.78 is 0. The van der Waals surface area contributed by atoms with Gasteiger partial charge in [0.15, 0.2) is 0 Å². The summed E-state index contributed by atoms with van der Waals surface area (Å²) in [4.78, 5) is 21.9. The highest BCUT2D eigenvalue weighted by atomic mass is 32.2. The number of nitrogens with two attached hydrogens (primary N) is 3. The van der Waals surface area contributed by atoms with E-state index in [4.69, 9.17) is 17.2 Å². The lowest BCUT2D eigenvalue weighted by molar-refractivity contribution is -0.385. The smallest absolute Gasteiger partial charge is 0.332 e. The van der Waals surface area contributed by atoms with Crippen molar-refractivity contribution >= 4 is 34.9 Å². The minimum Gasteiger partial charge on any atom is -0.398 e. The molecule has 0 radical (unpaired) electrons. The van der Waals surface area contributed by atoms with E-state index < -0.39 is 4.92 Å². The van der Waals surface area contributed by atoms with Crippen molar-refractivity contribution in [3.63, 3.8) is 0 Å². The first-order chi connectivity index (χ1) is 16.4. The Balaban J connectivity index is 1.53. The zero-order valence-corrected chi connectivity index (χ0v) is 19.6. The van der Waals surface area contributed by atoms with Gasteiger partial charge in [0.1, 0.15) is 5.69 Å². The third kappa shape index (κ3) is 5.75.